The van der Waals surface area contributed by atoms with Crippen LogP contribution in [0, 0.1) is 0 Å². The van der Waals surface area contributed by atoms with Crippen LogP contribution in [0.1, 0.15) is 25.0 Å². The van der Waals surface area contributed by atoms with Gasteiger partial charge in [-0.25, -0.2) is 8.42 Å². The molecule has 4 aromatic carbocycles. The molecule has 0 aliphatic rings. The first-order chi connectivity index (χ1) is 21.5. The minimum atomic E-state index is -4.26. The van der Waals surface area contributed by atoms with Crippen LogP contribution in [0.25, 0.3) is 0 Å². The molecule has 0 aliphatic heterocycles. The van der Waals surface area contributed by atoms with Gasteiger partial charge < -0.3 is 15.0 Å². The Kier molecular flexibility index (Phi) is 11.5. The number of anilines is 1. The minimum absolute atomic E-state index is 0.0292. The lowest BCUT2D eigenvalue weighted by atomic mass is 10.0. The highest BCUT2D eigenvalue weighted by Gasteiger charge is 2.35. The quantitative estimate of drug-likeness (QED) is 0.179. The smallest absolute Gasteiger partial charge is 0.264 e. The van der Waals surface area contributed by atoms with E-state index in [0.717, 1.165) is 9.87 Å². The van der Waals surface area contributed by atoms with Gasteiger partial charge in [-0.05, 0) is 79.6 Å². The second kappa shape index (κ2) is 15.3. The normalized spacial score (nSPS) is 12.0. The van der Waals surface area contributed by atoms with Crippen LogP contribution in [-0.2, 0) is 32.6 Å². The Bertz CT molecular complexity index is 1700. The predicted molar refractivity (Wildman–Crippen MR) is 178 cm³/mol. The summed E-state index contributed by atoms with van der Waals surface area (Å²) in [7, 11) is -2.78. The first-order valence-corrected chi connectivity index (χ1v) is 16.5. The van der Waals surface area contributed by atoms with Gasteiger partial charge in [-0.15, -0.1) is 0 Å². The minimum Gasteiger partial charge on any atom is -0.497 e. The van der Waals surface area contributed by atoms with Crippen LogP contribution >= 0.6 is 23.2 Å². The fourth-order valence-electron chi connectivity index (χ4n) is 4.76. The van der Waals surface area contributed by atoms with Crippen LogP contribution in [0.2, 0.25) is 10.0 Å². The Hall–Kier alpha value is -4.05. The van der Waals surface area contributed by atoms with Gasteiger partial charge in [-0.2, -0.15) is 0 Å². The largest absolute Gasteiger partial charge is 0.497 e. The molecule has 8 nitrogen and oxygen atoms in total. The van der Waals surface area contributed by atoms with Gasteiger partial charge in [-0.3, -0.25) is 13.9 Å². The van der Waals surface area contributed by atoms with E-state index in [4.69, 9.17) is 27.9 Å². The first kappa shape index (κ1) is 33.8. The monoisotopic (exact) mass is 667 g/mol. The summed E-state index contributed by atoms with van der Waals surface area (Å²) < 4.78 is 34.4. The fraction of sp³-hybridized carbons (Fsp3) is 0.235. The second-order valence-electron chi connectivity index (χ2n) is 10.6. The average molecular weight is 669 g/mol. The highest BCUT2D eigenvalue weighted by atomic mass is 35.5. The highest BCUT2D eigenvalue weighted by Crippen LogP contribution is 2.28. The van der Waals surface area contributed by atoms with E-state index in [0.29, 0.717) is 21.4 Å². The molecule has 0 aromatic heterocycles. The summed E-state index contributed by atoms with van der Waals surface area (Å²) in [6.07, 6.45) is 0.196. The molecule has 0 heterocycles. The molecule has 0 saturated heterocycles. The Morgan fingerprint density at radius 2 is 1.47 bits per heavy atom. The number of carbonyl (C=O) groups excluding carboxylic acids is 2. The summed E-state index contributed by atoms with van der Waals surface area (Å²) in [6.45, 7) is 3.04. The number of carbonyl (C=O) groups is 2. The molecule has 1 N–H and O–H groups in total. The molecular formula is C34H35Cl2N3O5S. The summed E-state index contributed by atoms with van der Waals surface area (Å²) in [5.41, 5.74) is 1.67. The van der Waals surface area contributed by atoms with E-state index in [1.165, 1.54) is 48.4 Å². The van der Waals surface area contributed by atoms with E-state index in [9.17, 15) is 18.0 Å². The lowest BCUT2D eigenvalue weighted by molar-refractivity contribution is -0.140. The molecule has 0 radical (unpaired) electrons. The highest BCUT2D eigenvalue weighted by molar-refractivity contribution is 7.92. The average Bonchev–Trinajstić information content (AvgIpc) is 3.03. The van der Waals surface area contributed by atoms with Crippen LogP contribution in [0.5, 0.6) is 5.75 Å². The van der Waals surface area contributed by atoms with Gasteiger partial charge >= 0.3 is 0 Å². The molecule has 4 aromatic rings. The molecule has 0 saturated carbocycles. The molecule has 0 unspecified atom stereocenters. The van der Waals surface area contributed by atoms with Crippen molar-refractivity contribution < 1.29 is 22.7 Å². The van der Waals surface area contributed by atoms with E-state index >= 15 is 0 Å². The van der Waals surface area contributed by atoms with Crippen LogP contribution in [0.15, 0.2) is 108 Å². The lowest BCUT2D eigenvalue weighted by Gasteiger charge is -2.34. The van der Waals surface area contributed by atoms with Crippen molar-refractivity contribution in [3.63, 3.8) is 0 Å². The van der Waals surface area contributed by atoms with Crippen molar-refractivity contribution in [2.75, 3.05) is 18.0 Å². The van der Waals surface area contributed by atoms with Gasteiger partial charge in [0.05, 0.1) is 17.7 Å². The van der Waals surface area contributed by atoms with Gasteiger partial charge in [0.25, 0.3) is 10.0 Å². The number of amides is 2. The van der Waals surface area contributed by atoms with Crippen molar-refractivity contribution in [3.8, 4) is 5.75 Å². The number of nitrogens with one attached hydrogen (secondary N) is 1. The van der Waals surface area contributed by atoms with Crippen molar-refractivity contribution in [2.24, 2.45) is 0 Å². The fourth-order valence-corrected chi connectivity index (χ4v) is 6.49. The molecule has 0 spiro atoms. The molecule has 2 amide bonds. The summed E-state index contributed by atoms with van der Waals surface area (Å²) in [4.78, 5) is 29.6. The first-order valence-electron chi connectivity index (χ1n) is 14.3. The summed E-state index contributed by atoms with van der Waals surface area (Å²) in [5, 5.41) is 3.75. The predicted octanol–water partition coefficient (Wildman–Crippen LogP) is 6.36. The lowest BCUT2D eigenvalue weighted by Crippen LogP contribution is -2.54. The van der Waals surface area contributed by atoms with Crippen LogP contribution in [-0.4, -0.2) is 50.9 Å². The number of hydrogen-bond donors (Lipinski definition) is 1. The van der Waals surface area contributed by atoms with Crippen LogP contribution in [0.3, 0.4) is 0 Å². The Morgan fingerprint density at radius 1 is 0.844 bits per heavy atom. The van der Waals surface area contributed by atoms with Crippen molar-refractivity contribution >= 4 is 50.7 Å². The molecule has 1 atom stereocenters. The van der Waals surface area contributed by atoms with Crippen LogP contribution < -0.4 is 14.4 Å². The molecule has 0 bridgehead atoms. The van der Waals surface area contributed by atoms with Gasteiger partial charge in [0, 0.05) is 29.1 Å². The van der Waals surface area contributed by atoms with Crippen molar-refractivity contribution in [2.45, 2.75) is 43.8 Å². The maximum atomic E-state index is 14.5. The molecule has 45 heavy (non-hydrogen) atoms. The zero-order chi connectivity index (χ0) is 32.6. The standard InChI is InChI=1S/C34H35Cl2N3O5S/c1-24(2)37-34(41)32(21-25-9-5-4-6-10-25)38(22-26-11-7-8-12-31(26)36)33(40)23-39(28-15-13-27(35)14-16-28)45(42,43)30-19-17-29(44-3)18-20-30/h4-20,24,32H,21-23H2,1-3H3,(H,37,41)/t32-/m0/s1. The number of hydrogen-bond acceptors (Lipinski definition) is 5. The number of ether oxygens (including phenoxy) is 1. The van der Waals surface area contributed by atoms with Gasteiger partial charge in [-0.1, -0.05) is 71.7 Å². The summed E-state index contributed by atoms with van der Waals surface area (Å²) in [6, 6.07) is 27.2. The molecule has 11 heteroatoms. The van der Waals surface area contributed by atoms with Gasteiger partial charge in [0.1, 0.15) is 18.3 Å². The van der Waals surface area contributed by atoms with Crippen molar-refractivity contribution in [1.82, 2.24) is 10.2 Å². The molecule has 236 valence electrons. The summed E-state index contributed by atoms with van der Waals surface area (Å²) >= 11 is 12.7. The maximum Gasteiger partial charge on any atom is 0.264 e. The Balaban J connectivity index is 1.81. The van der Waals surface area contributed by atoms with Crippen LogP contribution in [0.4, 0.5) is 5.69 Å². The zero-order valence-corrected chi connectivity index (χ0v) is 27.5. The van der Waals surface area contributed by atoms with Crippen molar-refractivity contribution in [3.05, 3.63) is 124 Å². The Morgan fingerprint density at radius 3 is 2.07 bits per heavy atom. The third kappa shape index (κ3) is 8.78. The Labute approximate surface area is 274 Å². The van der Waals surface area contributed by atoms with E-state index in [1.54, 1.807) is 36.4 Å². The van der Waals surface area contributed by atoms with E-state index < -0.39 is 28.5 Å². The van der Waals surface area contributed by atoms with Gasteiger partial charge in [0.2, 0.25) is 11.8 Å². The third-order valence-corrected chi connectivity index (χ3v) is 9.45. The second-order valence-corrected chi connectivity index (χ2v) is 13.4. The van der Waals surface area contributed by atoms with E-state index in [2.05, 4.69) is 5.32 Å². The maximum absolute atomic E-state index is 14.5. The van der Waals surface area contributed by atoms with E-state index in [1.807, 2.05) is 44.2 Å². The molecular weight excluding hydrogens is 633 g/mol. The number of sulfonamides is 1. The molecule has 4 rings (SSSR count). The number of benzene rings is 4. The van der Waals surface area contributed by atoms with Crippen molar-refractivity contribution in [1.29, 1.82) is 0 Å². The molecule has 0 fully saturated rings. The number of methoxy groups -OCH3 is 1. The topological polar surface area (TPSA) is 96.0 Å². The zero-order valence-electron chi connectivity index (χ0n) is 25.2. The third-order valence-electron chi connectivity index (χ3n) is 7.04. The summed E-state index contributed by atoms with van der Waals surface area (Å²) in [5.74, 6) is -0.485. The van der Waals surface area contributed by atoms with E-state index in [-0.39, 0.29) is 35.5 Å². The van der Waals surface area contributed by atoms with Gasteiger partial charge in [0.15, 0.2) is 0 Å². The number of halogens is 2. The number of rotatable bonds is 13. The number of nitrogens with zero attached hydrogens (tertiary/aromatic N) is 2. The molecule has 0 aliphatic carbocycles. The SMILES string of the molecule is COc1ccc(S(=O)(=O)N(CC(=O)N(Cc2ccccc2Cl)[C@@H](Cc2ccccc2)C(=O)NC(C)C)c2ccc(Cl)cc2)cc1.